The molecule has 0 saturated heterocycles. The molecule has 1 aromatic rings. The Balaban J connectivity index is 2.26. The molecule has 0 spiro atoms. The van der Waals surface area contributed by atoms with Gasteiger partial charge in [0.25, 0.3) is 0 Å². The standard InChI is InChI=1S/C11H12N2O2/c1-8-7-12-11(15)13(8)10(14)9-5-3-2-4-6-9/h2-6,8H,7H2,1H3,(H,12,15)/p+1. The van der Waals surface area contributed by atoms with Crippen molar-refractivity contribution in [2.75, 3.05) is 6.54 Å². The topological polar surface area (TPSA) is 54.5 Å². The van der Waals surface area contributed by atoms with E-state index in [4.69, 9.17) is 0 Å². The number of aliphatic hydroxyl groups is 1. The molecular weight excluding hydrogens is 192 g/mol. The fourth-order valence-corrected chi connectivity index (χ4v) is 1.64. The van der Waals surface area contributed by atoms with Gasteiger partial charge in [0, 0.05) is 0 Å². The first kappa shape index (κ1) is 9.71. The van der Waals surface area contributed by atoms with E-state index in [-0.39, 0.29) is 18.0 Å². The molecule has 1 aliphatic heterocycles. The molecule has 2 rings (SSSR count). The third-order valence-electron chi connectivity index (χ3n) is 2.46. The number of amidine groups is 1. The summed E-state index contributed by atoms with van der Waals surface area (Å²) in [5.74, 6) is -0.175. The van der Waals surface area contributed by atoms with Crippen molar-refractivity contribution in [2.24, 2.45) is 0 Å². The van der Waals surface area contributed by atoms with Gasteiger partial charge in [0.05, 0.1) is 5.56 Å². The summed E-state index contributed by atoms with van der Waals surface area (Å²) in [5, 5.41) is 9.50. The molecule has 15 heavy (non-hydrogen) atoms. The van der Waals surface area contributed by atoms with Gasteiger partial charge >= 0.3 is 11.9 Å². The normalized spacial score (nSPS) is 20.2. The number of nitrogens with zero attached hydrogens (tertiary/aromatic N) is 1. The highest BCUT2D eigenvalue weighted by Crippen LogP contribution is 2.08. The van der Waals surface area contributed by atoms with E-state index in [1.165, 1.54) is 4.90 Å². The Hall–Kier alpha value is -1.84. The number of hydrogen-bond donors (Lipinski definition) is 2. The van der Waals surface area contributed by atoms with Crippen LogP contribution in [0.1, 0.15) is 17.3 Å². The Kier molecular flexibility index (Phi) is 2.41. The summed E-state index contributed by atoms with van der Waals surface area (Å²) in [5.41, 5.74) is 0.583. The van der Waals surface area contributed by atoms with Crippen LogP contribution in [-0.4, -0.2) is 34.5 Å². The fraction of sp³-hybridized carbons (Fsp3) is 0.273. The summed E-state index contributed by atoms with van der Waals surface area (Å²) in [6, 6.07) is 8.86. The molecule has 78 valence electrons. The maximum Gasteiger partial charge on any atom is 0.450 e. The number of rotatable bonds is 1. The lowest BCUT2D eigenvalue weighted by Crippen LogP contribution is -2.71. The van der Waals surface area contributed by atoms with Crippen LogP contribution in [0, 0.1) is 0 Å². The van der Waals surface area contributed by atoms with Gasteiger partial charge in [0.1, 0.15) is 12.6 Å². The van der Waals surface area contributed by atoms with E-state index in [0.29, 0.717) is 12.1 Å². The lowest BCUT2D eigenvalue weighted by Gasteiger charge is -2.11. The minimum absolute atomic E-state index is 0.0160. The molecule has 0 radical (unpaired) electrons. The van der Waals surface area contributed by atoms with Crippen LogP contribution in [0.25, 0.3) is 0 Å². The maximum atomic E-state index is 12.0. The van der Waals surface area contributed by atoms with Crippen LogP contribution in [0.2, 0.25) is 0 Å². The molecule has 4 nitrogen and oxygen atoms in total. The zero-order valence-electron chi connectivity index (χ0n) is 8.47. The summed E-state index contributed by atoms with van der Waals surface area (Å²) < 4.78 is 0. The van der Waals surface area contributed by atoms with E-state index >= 15 is 0 Å². The predicted octanol–water partition coefficient (Wildman–Crippen LogP) is -0.474. The molecule has 0 aliphatic carbocycles. The smallest absolute Gasteiger partial charge is 0.447 e. The first-order valence-corrected chi connectivity index (χ1v) is 4.88. The van der Waals surface area contributed by atoms with Gasteiger partial charge in [-0.15, -0.1) is 0 Å². The van der Waals surface area contributed by atoms with Crippen LogP contribution in [0.3, 0.4) is 0 Å². The van der Waals surface area contributed by atoms with Crippen molar-refractivity contribution in [1.29, 1.82) is 0 Å². The van der Waals surface area contributed by atoms with E-state index in [0.717, 1.165) is 0 Å². The van der Waals surface area contributed by atoms with E-state index in [1.54, 1.807) is 24.3 Å². The molecule has 1 atom stereocenters. The first-order chi connectivity index (χ1) is 7.20. The second-order valence-electron chi connectivity index (χ2n) is 3.59. The second kappa shape index (κ2) is 3.73. The van der Waals surface area contributed by atoms with Crippen molar-refractivity contribution in [3.05, 3.63) is 35.9 Å². The monoisotopic (exact) mass is 205 g/mol. The fourth-order valence-electron chi connectivity index (χ4n) is 1.64. The Morgan fingerprint density at radius 1 is 1.47 bits per heavy atom. The summed E-state index contributed by atoms with van der Waals surface area (Å²) >= 11 is 0. The Bertz CT molecular complexity index is 400. The molecule has 1 heterocycles. The molecular formula is C11H13N2O2+. The molecule has 1 aliphatic rings. The molecule has 1 unspecified atom stereocenters. The summed E-state index contributed by atoms with van der Waals surface area (Å²) in [4.78, 5) is 16.1. The Morgan fingerprint density at radius 3 is 2.67 bits per heavy atom. The maximum absolute atomic E-state index is 12.0. The quantitative estimate of drug-likeness (QED) is 0.651. The molecule has 0 bridgehead atoms. The van der Waals surface area contributed by atoms with Gasteiger partial charge in [-0.3, -0.25) is 0 Å². The lowest BCUT2D eigenvalue weighted by molar-refractivity contribution is -0.457. The SMILES string of the molecule is CC1C[NH+]=C(O)N1C(=O)c1ccccc1. The van der Waals surface area contributed by atoms with Crippen LogP contribution in [0.15, 0.2) is 30.3 Å². The van der Waals surface area contributed by atoms with Gasteiger partial charge in [-0.1, -0.05) is 18.2 Å². The molecule has 1 amide bonds. The van der Waals surface area contributed by atoms with Crippen LogP contribution >= 0.6 is 0 Å². The minimum Gasteiger partial charge on any atom is -0.447 e. The van der Waals surface area contributed by atoms with Gasteiger partial charge in [-0.2, -0.15) is 4.90 Å². The third kappa shape index (κ3) is 1.70. The number of carbonyl (C=O) groups is 1. The highest BCUT2D eigenvalue weighted by molar-refractivity contribution is 6.03. The van der Waals surface area contributed by atoms with Crippen molar-refractivity contribution in [2.45, 2.75) is 13.0 Å². The number of aliphatic hydroxyl groups excluding tert-OH is 1. The van der Waals surface area contributed by atoms with E-state index in [2.05, 4.69) is 4.99 Å². The van der Waals surface area contributed by atoms with Crippen LogP contribution in [-0.2, 0) is 0 Å². The summed E-state index contributed by atoms with van der Waals surface area (Å²) in [7, 11) is 0. The minimum atomic E-state index is -0.175. The van der Waals surface area contributed by atoms with Gasteiger partial charge in [0.2, 0.25) is 0 Å². The number of benzene rings is 1. The van der Waals surface area contributed by atoms with Gasteiger partial charge in [-0.05, 0) is 19.1 Å². The Labute approximate surface area is 87.9 Å². The van der Waals surface area contributed by atoms with Crippen molar-refractivity contribution < 1.29 is 14.9 Å². The van der Waals surface area contributed by atoms with Crippen molar-refractivity contribution in [3.63, 3.8) is 0 Å². The zero-order chi connectivity index (χ0) is 10.8. The van der Waals surface area contributed by atoms with E-state index < -0.39 is 0 Å². The largest absolute Gasteiger partial charge is 0.450 e. The molecule has 0 aromatic heterocycles. The average Bonchev–Trinajstić information content (AvgIpc) is 2.59. The van der Waals surface area contributed by atoms with Crippen LogP contribution in [0.5, 0.6) is 0 Å². The molecule has 0 saturated carbocycles. The molecule has 0 fully saturated rings. The number of hydrogen-bond acceptors (Lipinski definition) is 1. The van der Waals surface area contributed by atoms with Crippen molar-refractivity contribution in [3.8, 4) is 0 Å². The average molecular weight is 205 g/mol. The highest BCUT2D eigenvalue weighted by atomic mass is 16.3. The molecule has 1 aromatic carbocycles. The van der Waals surface area contributed by atoms with Gasteiger partial charge < -0.3 is 5.11 Å². The summed E-state index contributed by atoms with van der Waals surface area (Å²) in [6.07, 6.45) is 0. The van der Waals surface area contributed by atoms with E-state index in [9.17, 15) is 9.90 Å². The van der Waals surface area contributed by atoms with Crippen LogP contribution < -0.4 is 4.99 Å². The van der Waals surface area contributed by atoms with Gasteiger partial charge in [0.15, 0.2) is 0 Å². The molecule has 2 N–H and O–H groups in total. The highest BCUT2D eigenvalue weighted by Gasteiger charge is 2.38. The van der Waals surface area contributed by atoms with E-state index in [1.807, 2.05) is 13.0 Å². The lowest BCUT2D eigenvalue weighted by atomic mass is 10.2. The number of carbonyl (C=O) groups excluding carboxylic acids is 1. The number of amides is 1. The number of nitrogens with one attached hydrogen (secondary N) is 1. The first-order valence-electron chi connectivity index (χ1n) is 4.88. The van der Waals surface area contributed by atoms with Gasteiger partial charge in [-0.25, -0.2) is 9.79 Å². The van der Waals surface area contributed by atoms with Crippen molar-refractivity contribution >= 4 is 11.9 Å². The zero-order valence-corrected chi connectivity index (χ0v) is 8.47. The predicted molar refractivity (Wildman–Crippen MR) is 55.5 cm³/mol. The second-order valence-corrected chi connectivity index (χ2v) is 3.59. The van der Waals surface area contributed by atoms with Crippen molar-refractivity contribution in [1.82, 2.24) is 4.90 Å². The Morgan fingerprint density at radius 2 is 2.13 bits per heavy atom. The summed E-state index contributed by atoms with van der Waals surface area (Å²) in [6.45, 7) is 2.47. The molecule has 4 heteroatoms. The third-order valence-corrected chi connectivity index (χ3v) is 2.46. The van der Waals surface area contributed by atoms with Crippen LogP contribution in [0.4, 0.5) is 0 Å².